The normalized spacial score (nSPS) is 13.5. The molecule has 0 unspecified atom stereocenters. The van der Waals surface area contributed by atoms with Crippen LogP contribution in [-0.4, -0.2) is 11.1 Å². The molecule has 2 atom stereocenters. The van der Waals surface area contributed by atoms with E-state index < -0.39 is 12.2 Å². The molecular formula is C17H18O3. The molecule has 0 spiro atoms. The summed E-state index contributed by atoms with van der Waals surface area (Å²) in [5, 5.41) is 10.5. The highest BCUT2D eigenvalue weighted by atomic mass is 16.6. The Morgan fingerprint density at radius 3 is 2.00 bits per heavy atom. The molecule has 104 valence electrons. The number of hydrogen-bond donors (Lipinski definition) is 1. The standard InChI is InChI=1S/C17H18O3/c1-2-15(18)20-17(14-11-7-4-8-12-14)16(19)13-9-5-3-6-10-13/h3-12,16-17,19H,2H2,1H3/t16-,17+/m1/s1. The van der Waals surface area contributed by atoms with E-state index in [-0.39, 0.29) is 12.4 Å². The van der Waals surface area contributed by atoms with Gasteiger partial charge in [0.05, 0.1) is 0 Å². The predicted molar refractivity (Wildman–Crippen MR) is 77.0 cm³/mol. The molecule has 0 aliphatic carbocycles. The van der Waals surface area contributed by atoms with Gasteiger partial charge in [0, 0.05) is 6.42 Å². The molecule has 2 aromatic carbocycles. The molecule has 0 bridgehead atoms. The molecule has 0 aromatic heterocycles. The van der Waals surface area contributed by atoms with Gasteiger partial charge < -0.3 is 9.84 Å². The van der Waals surface area contributed by atoms with Crippen LogP contribution in [0.3, 0.4) is 0 Å². The summed E-state index contributed by atoms with van der Waals surface area (Å²) in [5.74, 6) is -0.325. The van der Waals surface area contributed by atoms with E-state index in [4.69, 9.17) is 4.74 Å². The van der Waals surface area contributed by atoms with Gasteiger partial charge >= 0.3 is 5.97 Å². The Balaban J connectivity index is 2.29. The predicted octanol–water partition coefficient (Wildman–Crippen LogP) is 3.41. The Kier molecular flexibility index (Phi) is 4.91. The Morgan fingerprint density at radius 2 is 1.50 bits per heavy atom. The average molecular weight is 270 g/mol. The van der Waals surface area contributed by atoms with Crippen LogP contribution < -0.4 is 0 Å². The summed E-state index contributed by atoms with van der Waals surface area (Å²) in [6.45, 7) is 1.74. The lowest BCUT2D eigenvalue weighted by atomic mass is 9.98. The topological polar surface area (TPSA) is 46.5 Å². The van der Waals surface area contributed by atoms with Crippen molar-refractivity contribution in [2.45, 2.75) is 25.6 Å². The summed E-state index contributed by atoms with van der Waals surface area (Å²) in [5.41, 5.74) is 1.51. The van der Waals surface area contributed by atoms with E-state index in [1.54, 1.807) is 6.92 Å². The molecular weight excluding hydrogens is 252 g/mol. The second kappa shape index (κ2) is 6.87. The van der Waals surface area contributed by atoms with Gasteiger partial charge in [-0.25, -0.2) is 0 Å². The number of carbonyl (C=O) groups excluding carboxylic acids is 1. The van der Waals surface area contributed by atoms with Crippen LogP contribution in [0.1, 0.15) is 36.7 Å². The molecule has 0 saturated heterocycles. The van der Waals surface area contributed by atoms with Crippen molar-refractivity contribution >= 4 is 5.97 Å². The molecule has 0 fully saturated rings. The maximum Gasteiger partial charge on any atom is 0.306 e. The molecule has 20 heavy (non-hydrogen) atoms. The number of carbonyl (C=O) groups is 1. The average Bonchev–Trinajstić information content (AvgIpc) is 2.53. The highest BCUT2D eigenvalue weighted by molar-refractivity contribution is 5.69. The lowest BCUT2D eigenvalue weighted by molar-refractivity contribution is -0.155. The number of aliphatic hydroxyl groups excluding tert-OH is 1. The van der Waals surface area contributed by atoms with Crippen LogP contribution in [0, 0.1) is 0 Å². The first-order valence-electron chi connectivity index (χ1n) is 6.69. The minimum absolute atomic E-state index is 0.283. The largest absolute Gasteiger partial charge is 0.454 e. The van der Waals surface area contributed by atoms with Crippen molar-refractivity contribution in [3.05, 3.63) is 71.8 Å². The Bertz CT molecular complexity index is 537. The zero-order valence-electron chi connectivity index (χ0n) is 11.4. The van der Waals surface area contributed by atoms with Crippen LogP contribution in [0.25, 0.3) is 0 Å². The van der Waals surface area contributed by atoms with Crippen molar-refractivity contribution in [3.8, 4) is 0 Å². The maximum atomic E-state index is 11.6. The fraction of sp³-hybridized carbons (Fsp3) is 0.235. The Morgan fingerprint density at radius 1 is 1.00 bits per heavy atom. The number of hydrogen-bond acceptors (Lipinski definition) is 3. The van der Waals surface area contributed by atoms with Gasteiger partial charge in [0.15, 0.2) is 6.10 Å². The quantitative estimate of drug-likeness (QED) is 0.847. The number of esters is 1. The summed E-state index contributed by atoms with van der Waals surface area (Å²) < 4.78 is 5.41. The fourth-order valence-corrected chi connectivity index (χ4v) is 2.01. The summed E-state index contributed by atoms with van der Waals surface area (Å²) in [4.78, 5) is 11.6. The molecule has 0 saturated carbocycles. The molecule has 0 aliphatic rings. The SMILES string of the molecule is CCC(=O)O[C@@H](c1ccccc1)[C@H](O)c1ccccc1. The van der Waals surface area contributed by atoms with Gasteiger partial charge in [0.25, 0.3) is 0 Å². The van der Waals surface area contributed by atoms with E-state index in [0.717, 1.165) is 11.1 Å². The number of rotatable bonds is 5. The molecule has 2 aromatic rings. The minimum Gasteiger partial charge on any atom is -0.454 e. The van der Waals surface area contributed by atoms with Gasteiger partial charge in [-0.2, -0.15) is 0 Å². The molecule has 2 rings (SSSR count). The van der Waals surface area contributed by atoms with Crippen LogP contribution in [0.4, 0.5) is 0 Å². The van der Waals surface area contributed by atoms with E-state index in [2.05, 4.69) is 0 Å². The zero-order valence-corrected chi connectivity index (χ0v) is 11.4. The van der Waals surface area contributed by atoms with Crippen LogP contribution in [0.2, 0.25) is 0 Å². The summed E-state index contributed by atoms with van der Waals surface area (Å²) in [6.07, 6.45) is -1.29. The Hall–Kier alpha value is -2.13. The van der Waals surface area contributed by atoms with Crippen molar-refractivity contribution in [2.24, 2.45) is 0 Å². The third-order valence-corrected chi connectivity index (χ3v) is 3.10. The first kappa shape index (κ1) is 14.3. The van der Waals surface area contributed by atoms with Crippen molar-refractivity contribution < 1.29 is 14.6 Å². The monoisotopic (exact) mass is 270 g/mol. The first-order valence-corrected chi connectivity index (χ1v) is 6.69. The van der Waals surface area contributed by atoms with Crippen LogP contribution in [-0.2, 0) is 9.53 Å². The van der Waals surface area contributed by atoms with Crippen molar-refractivity contribution in [1.82, 2.24) is 0 Å². The van der Waals surface area contributed by atoms with Gasteiger partial charge in [-0.3, -0.25) is 4.79 Å². The van der Waals surface area contributed by atoms with Gasteiger partial charge in [0.2, 0.25) is 0 Å². The van der Waals surface area contributed by atoms with Crippen LogP contribution >= 0.6 is 0 Å². The minimum atomic E-state index is -0.880. The Labute approximate surface area is 118 Å². The molecule has 0 radical (unpaired) electrons. The first-order chi connectivity index (χ1) is 9.72. The molecule has 1 N–H and O–H groups in total. The van der Waals surface area contributed by atoms with Gasteiger partial charge in [-0.05, 0) is 11.1 Å². The highest BCUT2D eigenvalue weighted by Crippen LogP contribution is 2.32. The van der Waals surface area contributed by atoms with E-state index >= 15 is 0 Å². The highest BCUT2D eigenvalue weighted by Gasteiger charge is 2.25. The third-order valence-electron chi connectivity index (χ3n) is 3.10. The summed E-state index contributed by atoms with van der Waals surface area (Å²) >= 11 is 0. The van der Waals surface area contributed by atoms with Gasteiger partial charge in [-0.15, -0.1) is 0 Å². The molecule has 3 heteroatoms. The zero-order chi connectivity index (χ0) is 14.4. The van der Waals surface area contributed by atoms with E-state index in [1.807, 2.05) is 60.7 Å². The fourth-order valence-electron chi connectivity index (χ4n) is 2.01. The molecule has 0 heterocycles. The smallest absolute Gasteiger partial charge is 0.306 e. The lowest BCUT2D eigenvalue weighted by Gasteiger charge is -2.23. The number of ether oxygens (including phenoxy) is 1. The second-order valence-electron chi connectivity index (χ2n) is 4.53. The van der Waals surface area contributed by atoms with Gasteiger partial charge in [0.1, 0.15) is 6.10 Å². The summed E-state index contributed by atoms with van der Waals surface area (Å²) in [6, 6.07) is 18.5. The van der Waals surface area contributed by atoms with E-state index in [9.17, 15) is 9.90 Å². The molecule has 0 aliphatic heterocycles. The van der Waals surface area contributed by atoms with E-state index in [0.29, 0.717) is 0 Å². The lowest BCUT2D eigenvalue weighted by Crippen LogP contribution is -2.18. The summed E-state index contributed by atoms with van der Waals surface area (Å²) in [7, 11) is 0. The second-order valence-corrected chi connectivity index (χ2v) is 4.53. The van der Waals surface area contributed by atoms with Crippen molar-refractivity contribution in [2.75, 3.05) is 0 Å². The maximum absolute atomic E-state index is 11.6. The van der Waals surface area contributed by atoms with Crippen molar-refractivity contribution in [1.29, 1.82) is 0 Å². The molecule has 0 amide bonds. The molecule has 3 nitrogen and oxygen atoms in total. The van der Waals surface area contributed by atoms with Crippen molar-refractivity contribution in [3.63, 3.8) is 0 Å². The van der Waals surface area contributed by atoms with Gasteiger partial charge in [-0.1, -0.05) is 67.6 Å². The van der Waals surface area contributed by atoms with E-state index in [1.165, 1.54) is 0 Å². The third kappa shape index (κ3) is 3.45. The van der Waals surface area contributed by atoms with Crippen LogP contribution in [0.15, 0.2) is 60.7 Å². The number of benzene rings is 2. The number of aliphatic hydroxyl groups is 1. The van der Waals surface area contributed by atoms with Crippen LogP contribution in [0.5, 0.6) is 0 Å².